The Hall–Kier alpha value is -2.56. The van der Waals surface area contributed by atoms with Crippen molar-refractivity contribution in [1.29, 1.82) is 0 Å². The van der Waals surface area contributed by atoms with E-state index in [1.54, 1.807) is 24.3 Å². The molecule has 0 aliphatic carbocycles. The lowest BCUT2D eigenvalue weighted by molar-refractivity contribution is -0.116. The van der Waals surface area contributed by atoms with E-state index >= 15 is 0 Å². The van der Waals surface area contributed by atoms with Crippen LogP contribution >= 0.6 is 0 Å². The number of aryl methyl sites for hydroxylation is 1. The molecule has 0 aliphatic heterocycles. The minimum Gasteiger partial charge on any atom is -0.506 e. The first kappa shape index (κ1) is 14.8. The van der Waals surface area contributed by atoms with Gasteiger partial charge in [-0.15, -0.1) is 0 Å². The molecule has 2 N–H and O–H groups in total. The molecule has 0 radical (unpaired) electrons. The summed E-state index contributed by atoms with van der Waals surface area (Å²) in [5.41, 5.74) is 1.07. The highest BCUT2D eigenvalue weighted by molar-refractivity contribution is 5.92. The zero-order valence-electron chi connectivity index (χ0n) is 11.6. The van der Waals surface area contributed by atoms with Gasteiger partial charge >= 0.3 is 0 Å². The maximum atomic E-state index is 13.5. The lowest BCUT2D eigenvalue weighted by Crippen LogP contribution is -2.12. The zero-order chi connectivity index (χ0) is 15.2. The van der Waals surface area contributed by atoms with Gasteiger partial charge < -0.3 is 15.2 Å². The predicted molar refractivity (Wildman–Crippen MR) is 78.0 cm³/mol. The van der Waals surface area contributed by atoms with Gasteiger partial charge in [0, 0.05) is 6.42 Å². The molecule has 2 rings (SSSR count). The molecule has 0 fully saturated rings. The number of benzene rings is 2. The van der Waals surface area contributed by atoms with Crippen molar-refractivity contribution >= 4 is 11.6 Å². The highest BCUT2D eigenvalue weighted by Gasteiger charge is 2.08. The van der Waals surface area contributed by atoms with Crippen LogP contribution in [0.2, 0.25) is 0 Å². The van der Waals surface area contributed by atoms with E-state index in [1.165, 1.54) is 25.3 Å². The SMILES string of the molecule is COc1ccc(CCC(=O)Nc2ccccc2O)cc1F. The first-order chi connectivity index (χ1) is 10.1. The number of para-hydroxylation sites is 2. The summed E-state index contributed by atoms with van der Waals surface area (Å²) in [5, 5.41) is 12.2. The predicted octanol–water partition coefficient (Wildman–Crippen LogP) is 3.11. The second-order valence-corrected chi connectivity index (χ2v) is 4.53. The van der Waals surface area contributed by atoms with E-state index < -0.39 is 5.82 Å². The lowest BCUT2D eigenvalue weighted by Gasteiger charge is -2.08. The Labute approximate surface area is 122 Å². The maximum Gasteiger partial charge on any atom is 0.224 e. The maximum absolute atomic E-state index is 13.5. The zero-order valence-corrected chi connectivity index (χ0v) is 11.6. The number of rotatable bonds is 5. The molecule has 0 unspecified atom stereocenters. The molecule has 21 heavy (non-hydrogen) atoms. The molecular formula is C16H16FNO3. The number of hydrogen-bond donors (Lipinski definition) is 2. The number of phenolic OH excluding ortho intramolecular Hbond substituents is 1. The summed E-state index contributed by atoms with van der Waals surface area (Å²) in [4.78, 5) is 11.8. The highest BCUT2D eigenvalue weighted by Crippen LogP contribution is 2.22. The quantitative estimate of drug-likeness (QED) is 0.831. The molecule has 0 saturated heterocycles. The van der Waals surface area contributed by atoms with Gasteiger partial charge in [0.05, 0.1) is 12.8 Å². The largest absolute Gasteiger partial charge is 0.506 e. The van der Waals surface area contributed by atoms with E-state index in [0.717, 1.165) is 0 Å². The number of carbonyl (C=O) groups excluding carboxylic acids is 1. The molecule has 5 heteroatoms. The van der Waals surface area contributed by atoms with Gasteiger partial charge in [-0.05, 0) is 36.2 Å². The number of methoxy groups -OCH3 is 1. The fourth-order valence-corrected chi connectivity index (χ4v) is 1.92. The number of phenols is 1. The molecule has 0 bridgehead atoms. The van der Waals surface area contributed by atoms with Crippen molar-refractivity contribution in [1.82, 2.24) is 0 Å². The van der Waals surface area contributed by atoms with Crippen LogP contribution in [0.5, 0.6) is 11.5 Å². The Kier molecular flexibility index (Phi) is 4.77. The minimum absolute atomic E-state index is 0.0151. The summed E-state index contributed by atoms with van der Waals surface area (Å²) in [7, 11) is 1.40. The summed E-state index contributed by atoms with van der Waals surface area (Å²) < 4.78 is 18.4. The van der Waals surface area contributed by atoms with Crippen LogP contribution in [-0.2, 0) is 11.2 Å². The smallest absolute Gasteiger partial charge is 0.224 e. The fraction of sp³-hybridized carbons (Fsp3) is 0.188. The molecule has 0 aromatic heterocycles. The van der Waals surface area contributed by atoms with E-state index in [0.29, 0.717) is 17.7 Å². The molecule has 1 amide bonds. The molecule has 110 valence electrons. The number of hydrogen-bond acceptors (Lipinski definition) is 3. The average Bonchev–Trinajstić information content (AvgIpc) is 2.48. The summed E-state index contributed by atoms with van der Waals surface area (Å²) in [6.07, 6.45) is 0.598. The van der Waals surface area contributed by atoms with Crippen molar-refractivity contribution in [3.8, 4) is 11.5 Å². The van der Waals surface area contributed by atoms with Crippen LogP contribution in [-0.4, -0.2) is 18.1 Å². The Bertz CT molecular complexity index is 643. The van der Waals surface area contributed by atoms with Crippen molar-refractivity contribution in [2.24, 2.45) is 0 Å². The van der Waals surface area contributed by atoms with E-state index in [-0.39, 0.29) is 23.8 Å². The molecule has 0 spiro atoms. The third kappa shape index (κ3) is 3.95. The molecule has 0 heterocycles. The number of anilines is 1. The molecular weight excluding hydrogens is 273 g/mol. The van der Waals surface area contributed by atoms with Gasteiger partial charge in [0.1, 0.15) is 5.75 Å². The van der Waals surface area contributed by atoms with Crippen LogP contribution in [0, 0.1) is 5.82 Å². The van der Waals surface area contributed by atoms with E-state index in [9.17, 15) is 14.3 Å². The van der Waals surface area contributed by atoms with Gasteiger partial charge in [-0.25, -0.2) is 4.39 Å². The van der Waals surface area contributed by atoms with Crippen LogP contribution in [0.15, 0.2) is 42.5 Å². The third-order valence-corrected chi connectivity index (χ3v) is 3.04. The van der Waals surface area contributed by atoms with Crippen LogP contribution in [0.25, 0.3) is 0 Å². The number of halogens is 1. The van der Waals surface area contributed by atoms with Crippen LogP contribution in [0.4, 0.5) is 10.1 Å². The van der Waals surface area contributed by atoms with Crippen LogP contribution in [0.1, 0.15) is 12.0 Å². The fourth-order valence-electron chi connectivity index (χ4n) is 1.92. The third-order valence-electron chi connectivity index (χ3n) is 3.04. The first-order valence-corrected chi connectivity index (χ1v) is 6.50. The van der Waals surface area contributed by atoms with Crippen molar-refractivity contribution in [2.75, 3.05) is 12.4 Å². The second-order valence-electron chi connectivity index (χ2n) is 4.53. The number of ether oxygens (including phenoxy) is 1. The summed E-state index contributed by atoms with van der Waals surface area (Å²) >= 11 is 0. The van der Waals surface area contributed by atoms with Gasteiger partial charge in [-0.2, -0.15) is 0 Å². The van der Waals surface area contributed by atoms with Crippen molar-refractivity contribution in [2.45, 2.75) is 12.8 Å². The Morgan fingerprint density at radius 2 is 2.05 bits per heavy atom. The Morgan fingerprint density at radius 3 is 2.71 bits per heavy atom. The van der Waals surface area contributed by atoms with Crippen LogP contribution in [0.3, 0.4) is 0 Å². The standard InChI is InChI=1S/C16H16FNO3/c1-21-15-8-6-11(10-12(15)17)7-9-16(20)18-13-4-2-3-5-14(13)19/h2-6,8,10,19H,7,9H2,1H3,(H,18,20). The van der Waals surface area contributed by atoms with Gasteiger partial charge in [0.2, 0.25) is 5.91 Å². The topological polar surface area (TPSA) is 58.6 Å². The van der Waals surface area contributed by atoms with Gasteiger partial charge in [0.15, 0.2) is 11.6 Å². The van der Waals surface area contributed by atoms with Crippen LogP contribution < -0.4 is 10.1 Å². The molecule has 2 aromatic rings. The molecule has 0 saturated carbocycles. The highest BCUT2D eigenvalue weighted by atomic mass is 19.1. The average molecular weight is 289 g/mol. The van der Waals surface area contributed by atoms with E-state index in [4.69, 9.17) is 4.74 Å². The Morgan fingerprint density at radius 1 is 1.29 bits per heavy atom. The van der Waals surface area contributed by atoms with Crippen molar-refractivity contribution in [3.05, 3.63) is 53.8 Å². The van der Waals surface area contributed by atoms with Crippen molar-refractivity contribution < 1.29 is 19.0 Å². The van der Waals surface area contributed by atoms with Gasteiger partial charge in [0.25, 0.3) is 0 Å². The molecule has 2 aromatic carbocycles. The normalized spacial score (nSPS) is 10.2. The number of aromatic hydroxyl groups is 1. The summed E-state index contributed by atoms with van der Waals surface area (Å²) in [5.74, 6) is -0.498. The van der Waals surface area contributed by atoms with Gasteiger partial charge in [-0.1, -0.05) is 18.2 Å². The van der Waals surface area contributed by atoms with E-state index in [1.807, 2.05) is 0 Å². The lowest BCUT2D eigenvalue weighted by atomic mass is 10.1. The summed E-state index contributed by atoms with van der Waals surface area (Å²) in [6, 6.07) is 11.1. The molecule has 0 aliphatic rings. The number of nitrogens with one attached hydrogen (secondary N) is 1. The van der Waals surface area contributed by atoms with Gasteiger partial charge in [-0.3, -0.25) is 4.79 Å². The molecule has 4 nitrogen and oxygen atoms in total. The number of amides is 1. The second kappa shape index (κ2) is 6.74. The molecule has 0 atom stereocenters. The van der Waals surface area contributed by atoms with E-state index in [2.05, 4.69) is 5.32 Å². The minimum atomic E-state index is -0.448. The Balaban J connectivity index is 1.92. The monoisotopic (exact) mass is 289 g/mol. The first-order valence-electron chi connectivity index (χ1n) is 6.50. The number of carbonyl (C=O) groups is 1. The summed E-state index contributed by atoms with van der Waals surface area (Å²) in [6.45, 7) is 0. The van der Waals surface area contributed by atoms with Crippen molar-refractivity contribution in [3.63, 3.8) is 0 Å².